The Balaban J connectivity index is 1.64. The zero-order valence-corrected chi connectivity index (χ0v) is 11.9. The Labute approximate surface area is 119 Å². The quantitative estimate of drug-likeness (QED) is 0.882. The fraction of sp³-hybridized carbons (Fsp3) is 0.643. The molecule has 2 aliphatic rings. The van der Waals surface area contributed by atoms with E-state index in [1.165, 1.54) is 19.2 Å². The minimum atomic E-state index is 0.0157. The summed E-state index contributed by atoms with van der Waals surface area (Å²) in [7, 11) is 0. The van der Waals surface area contributed by atoms with E-state index in [0.29, 0.717) is 11.7 Å². The molecule has 20 heavy (non-hydrogen) atoms. The zero-order chi connectivity index (χ0) is 13.9. The van der Waals surface area contributed by atoms with Gasteiger partial charge in [-0.1, -0.05) is 6.92 Å². The van der Waals surface area contributed by atoms with E-state index in [1.807, 2.05) is 4.90 Å². The number of rotatable bonds is 4. The average Bonchev–Trinajstić information content (AvgIpc) is 3.31. The van der Waals surface area contributed by atoms with E-state index >= 15 is 0 Å². The highest BCUT2D eigenvalue weighted by Crippen LogP contribution is 2.23. The minimum absolute atomic E-state index is 0.0157. The highest BCUT2D eigenvalue weighted by atomic mass is 16.2. The lowest BCUT2D eigenvalue weighted by Gasteiger charge is -2.33. The fourth-order valence-corrected chi connectivity index (χ4v) is 2.42. The molecular formula is C14H21N5O. The van der Waals surface area contributed by atoms with Crippen LogP contribution in [0.25, 0.3) is 0 Å². The first-order valence-electron chi connectivity index (χ1n) is 7.36. The second-order valence-electron chi connectivity index (χ2n) is 5.43. The first kappa shape index (κ1) is 13.3. The highest BCUT2D eigenvalue weighted by Gasteiger charge is 2.24. The van der Waals surface area contributed by atoms with Crippen molar-refractivity contribution in [2.24, 2.45) is 0 Å². The third kappa shape index (κ3) is 3.07. The predicted molar refractivity (Wildman–Crippen MR) is 76.7 cm³/mol. The van der Waals surface area contributed by atoms with Gasteiger partial charge in [-0.15, -0.1) is 0 Å². The Kier molecular flexibility index (Phi) is 3.82. The van der Waals surface area contributed by atoms with Gasteiger partial charge in [0.25, 0.3) is 5.91 Å². The minimum Gasteiger partial charge on any atom is -0.367 e. The van der Waals surface area contributed by atoms with Crippen molar-refractivity contribution in [1.29, 1.82) is 0 Å². The van der Waals surface area contributed by atoms with Crippen LogP contribution < -0.4 is 5.32 Å². The molecule has 1 saturated heterocycles. The van der Waals surface area contributed by atoms with Crippen molar-refractivity contribution in [2.75, 3.05) is 38.0 Å². The lowest BCUT2D eigenvalue weighted by Crippen LogP contribution is -2.48. The standard InChI is InChI=1S/C14H21N5O/c1-2-18-5-7-19(8-6-18)14(20)12-9-13(16-10-15-12)17-11-3-4-11/h9-11H,2-8H2,1H3,(H,15,16,17). The molecule has 1 aliphatic carbocycles. The molecule has 1 saturated carbocycles. The SMILES string of the molecule is CCN1CCN(C(=O)c2cc(NC3CC3)ncn2)CC1. The molecule has 6 heteroatoms. The van der Waals surface area contributed by atoms with Gasteiger partial charge in [0.05, 0.1) is 0 Å². The molecule has 2 fully saturated rings. The van der Waals surface area contributed by atoms with Gasteiger partial charge in [0, 0.05) is 38.3 Å². The number of piperazine rings is 1. The number of hydrogen-bond acceptors (Lipinski definition) is 5. The Morgan fingerprint density at radius 2 is 2.05 bits per heavy atom. The lowest BCUT2D eigenvalue weighted by molar-refractivity contribution is 0.0637. The zero-order valence-electron chi connectivity index (χ0n) is 11.9. The van der Waals surface area contributed by atoms with Gasteiger partial charge >= 0.3 is 0 Å². The van der Waals surface area contributed by atoms with Crippen LogP contribution in [0.15, 0.2) is 12.4 Å². The number of aromatic nitrogens is 2. The number of likely N-dealkylation sites (N-methyl/N-ethyl adjacent to an activating group) is 1. The molecule has 108 valence electrons. The van der Waals surface area contributed by atoms with Gasteiger partial charge in [0.15, 0.2) is 0 Å². The molecule has 1 aromatic heterocycles. The van der Waals surface area contributed by atoms with Crippen LogP contribution in [0.5, 0.6) is 0 Å². The van der Waals surface area contributed by atoms with Crippen molar-refractivity contribution < 1.29 is 4.79 Å². The maximum Gasteiger partial charge on any atom is 0.272 e. The second-order valence-corrected chi connectivity index (χ2v) is 5.43. The maximum absolute atomic E-state index is 12.4. The summed E-state index contributed by atoms with van der Waals surface area (Å²) in [5.41, 5.74) is 0.494. The predicted octanol–water partition coefficient (Wildman–Crippen LogP) is 0.829. The molecule has 1 aliphatic heterocycles. The van der Waals surface area contributed by atoms with Gasteiger partial charge < -0.3 is 15.1 Å². The molecule has 1 amide bonds. The van der Waals surface area contributed by atoms with Crippen LogP contribution in [0.3, 0.4) is 0 Å². The number of carbonyl (C=O) groups is 1. The summed E-state index contributed by atoms with van der Waals surface area (Å²) in [5, 5.41) is 3.30. The van der Waals surface area contributed by atoms with Gasteiger partial charge in [0.1, 0.15) is 17.8 Å². The van der Waals surface area contributed by atoms with Crippen molar-refractivity contribution in [1.82, 2.24) is 19.8 Å². The number of amides is 1. The fourth-order valence-electron chi connectivity index (χ4n) is 2.42. The third-order valence-electron chi connectivity index (χ3n) is 3.92. The molecule has 0 bridgehead atoms. The molecule has 1 aromatic rings. The summed E-state index contributed by atoms with van der Waals surface area (Å²) < 4.78 is 0. The van der Waals surface area contributed by atoms with Crippen molar-refractivity contribution in [3.63, 3.8) is 0 Å². The van der Waals surface area contributed by atoms with Crippen molar-refractivity contribution in [3.8, 4) is 0 Å². The molecule has 0 spiro atoms. The van der Waals surface area contributed by atoms with Crippen molar-refractivity contribution in [2.45, 2.75) is 25.8 Å². The second kappa shape index (κ2) is 5.75. The molecule has 3 rings (SSSR count). The van der Waals surface area contributed by atoms with E-state index in [9.17, 15) is 4.79 Å². The molecular weight excluding hydrogens is 254 g/mol. The van der Waals surface area contributed by atoms with Gasteiger partial charge in [-0.3, -0.25) is 4.79 Å². The summed E-state index contributed by atoms with van der Waals surface area (Å²) >= 11 is 0. The summed E-state index contributed by atoms with van der Waals surface area (Å²) in [6, 6.07) is 2.30. The molecule has 0 atom stereocenters. The number of nitrogens with zero attached hydrogens (tertiary/aromatic N) is 4. The van der Waals surface area contributed by atoms with Crippen LogP contribution in [0.2, 0.25) is 0 Å². The highest BCUT2D eigenvalue weighted by molar-refractivity contribution is 5.93. The lowest BCUT2D eigenvalue weighted by atomic mass is 10.2. The van der Waals surface area contributed by atoms with Crippen molar-refractivity contribution in [3.05, 3.63) is 18.1 Å². The van der Waals surface area contributed by atoms with E-state index in [2.05, 4.69) is 27.1 Å². The van der Waals surface area contributed by atoms with Gasteiger partial charge in [-0.05, 0) is 19.4 Å². The summed E-state index contributed by atoms with van der Waals surface area (Å²) in [4.78, 5) is 25.0. The third-order valence-corrected chi connectivity index (χ3v) is 3.92. The maximum atomic E-state index is 12.4. The normalized spacial score (nSPS) is 19.9. The number of anilines is 1. The van der Waals surface area contributed by atoms with E-state index in [1.54, 1.807) is 6.07 Å². The molecule has 0 radical (unpaired) electrons. The average molecular weight is 275 g/mol. The molecule has 0 unspecified atom stereocenters. The van der Waals surface area contributed by atoms with Gasteiger partial charge in [-0.2, -0.15) is 0 Å². The van der Waals surface area contributed by atoms with Crippen LogP contribution in [0, 0.1) is 0 Å². The summed E-state index contributed by atoms with van der Waals surface area (Å²) in [6.07, 6.45) is 3.85. The molecule has 0 aromatic carbocycles. The van der Waals surface area contributed by atoms with Gasteiger partial charge in [0.2, 0.25) is 0 Å². The van der Waals surface area contributed by atoms with E-state index < -0.39 is 0 Å². The Morgan fingerprint density at radius 1 is 1.30 bits per heavy atom. The first-order valence-corrected chi connectivity index (χ1v) is 7.36. The van der Waals surface area contributed by atoms with Crippen LogP contribution in [0.4, 0.5) is 5.82 Å². The molecule has 6 nitrogen and oxygen atoms in total. The molecule has 1 N–H and O–H groups in total. The number of carbonyl (C=O) groups excluding carboxylic acids is 1. The Hall–Kier alpha value is -1.69. The van der Waals surface area contributed by atoms with Gasteiger partial charge in [-0.25, -0.2) is 9.97 Å². The van der Waals surface area contributed by atoms with Crippen molar-refractivity contribution >= 4 is 11.7 Å². The topological polar surface area (TPSA) is 61.4 Å². The van der Waals surface area contributed by atoms with E-state index in [0.717, 1.165) is 38.5 Å². The van der Waals surface area contributed by atoms with E-state index in [-0.39, 0.29) is 5.91 Å². The van der Waals surface area contributed by atoms with Crippen LogP contribution in [-0.4, -0.2) is 64.4 Å². The first-order chi connectivity index (χ1) is 9.76. The monoisotopic (exact) mass is 275 g/mol. The Bertz CT molecular complexity index is 480. The molecule has 2 heterocycles. The number of nitrogens with one attached hydrogen (secondary N) is 1. The van der Waals surface area contributed by atoms with E-state index in [4.69, 9.17) is 0 Å². The van der Waals surface area contributed by atoms with Crippen LogP contribution in [-0.2, 0) is 0 Å². The summed E-state index contributed by atoms with van der Waals surface area (Å²) in [5.74, 6) is 0.778. The smallest absolute Gasteiger partial charge is 0.272 e. The van der Waals surface area contributed by atoms with Crippen LogP contribution in [0.1, 0.15) is 30.3 Å². The van der Waals surface area contributed by atoms with Crippen LogP contribution >= 0.6 is 0 Å². The Morgan fingerprint density at radius 3 is 2.70 bits per heavy atom. The number of hydrogen-bond donors (Lipinski definition) is 1. The largest absolute Gasteiger partial charge is 0.367 e. The summed E-state index contributed by atoms with van der Waals surface area (Å²) in [6.45, 7) is 6.65.